The zero-order chi connectivity index (χ0) is 15.2. The van der Waals surface area contributed by atoms with Gasteiger partial charge in [-0.2, -0.15) is 5.10 Å². The summed E-state index contributed by atoms with van der Waals surface area (Å²) in [7, 11) is 0. The molecule has 0 bridgehead atoms. The molecule has 5 heteroatoms. The molecule has 0 aliphatic heterocycles. The van der Waals surface area contributed by atoms with Gasteiger partial charge in [0.15, 0.2) is 5.82 Å². The first-order valence-corrected chi connectivity index (χ1v) is 7.45. The molecule has 1 aromatic carbocycles. The standard InChI is InChI=1S/C16H24N4O/c1-4-15(17)13-5-7-14(8-6-13)21-10-16-18-11-19-20(16)9-12(2)3/h5-8,11-12,15H,4,9-10,17H2,1-3H3/t15-/m0/s1. The molecular weight excluding hydrogens is 264 g/mol. The van der Waals surface area contributed by atoms with Crippen LogP contribution in [0.5, 0.6) is 5.75 Å². The third-order valence-electron chi connectivity index (χ3n) is 3.35. The molecule has 2 aromatic rings. The first-order valence-electron chi connectivity index (χ1n) is 7.45. The number of aromatic nitrogens is 3. The summed E-state index contributed by atoms with van der Waals surface area (Å²) < 4.78 is 7.67. The molecule has 1 aromatic heterocycles. The van der Waals surface area contributed by atoms with Crippen molar-refractivity contribution in [3.8, 4) is 5.75 Å². The Balaban J connectivity index is 1.95. The van der Waals surface area contributed by atoms with Crippen LogP contribution in [0.4, 0.5) is 0 Å². The lowest BCUT2D eigenvalue weighted by Crippen LogP contribution is -2.12. The molecular formula is C16H24N4O. The smallest absolute Gasteiger partial charge is 0.164 e. The molecule has 0 aliphatic rings. The largest absolute Gasteiger partial charge is 0.486 e. The van der Waals surface area contributed by atoms with E-state index in [0.29, 0.717) is 12.5 Å². The van der Waals surface area contributed by atoms with Crippen LogP contribution in [-0.2, 0) is 13.2 Å². The van der Waals surface area contributed by atoms with Gasteiger partial charge in [0.1, 0.15) is 18.7 Å². The van der Waals surface area contributed by atoms with Gasteiger partial charge in [-0.15, -0.1) is 0 Å². The van der Waals surface area contributed by atoms with Gasteiger partial charge in [-0.3, -0.25) is 0 Å². The van der Waals surface area contributed by atoms with Crippen LogP contribution in [0.15, 0.2) is 30.6 Å². The summed E-state index contributed by atoms with van der Waals surface area (Å²) in [6.07, 6.45) is 2.50. The molecule has 1 atom stereocenters. The van der Waals surface area contributed by atoms with Crippen LogP contribution < -0.4 is 10.5 Å². The van der Waals surface area contributed by atoms with Crippen LogP contribution in [0.1, 0.15) is 44.6 Å². The number of nitrogens with zero attached hydrogens (tertiary/aromatic N) is 3. The maximum absolute atomic E-state index is 6.00. The Morgan fingerprint density at radius 3 is 2.57 bits per heavy atom. The van der Waals surface area contributed by atoms with E-state index >= 15 is 0 Å². The van der Waals surface area contributed by atoms with Crippen LogP contribution >= 0.6 is 0 Å². The van der Waals surface area contributed by atoms with Crippen molar-refractivity contribution < 1.29 is 4.74 Å². The number of benzene rings is 1. The average Bonchev–Trinajstić information content (AvgIpc) is 2.91. The number of ether oxygens (including phenoxy) is 1. The van der Waals surface area contributed by atoms with Crippen molar-refractivity contribution in [3.63, 3.8) is 0 Å². The Bertz CT molecular complexity index is 548. The Morgan fingerprint density at radius 1 is 1.24 bits per heavy atom. The highest BCUT2D eigenvalue weighted by Gasteiger charge is 2.08. The highest BCUT2D eigenvalue weighted by atomic mass is 16.5. The number of hydrogen-bond donors (Lipinski definition) is 1. The minimum absolute atomic E-state index is 0.0909. The van der Waals surface area contributed by atoms with Crippen molar-refractivity contribution >= 4 is 0 Å². The first-order chi connectivity index (χ1) is 10.1. The molecule has 0 aliphatic carbocycles. The lowest BCUT2D eigenvalue weighted by molar-refractivity contribution is 0.282. The van der Waals surface area contributed by atoms with Crippen LogP contribution in [0, 0.1) is 5.92 Å². The molecule has 0 saturated heterocycles. The van der Waals surface area contributed by atoms with Crippen molar-refractivity contribution in [2.24, 2.45) is 11.7 Å². The number of nitrogens with two attached hydrogens (primary N) is 1. The van der Waals surface area contributed by atoms with Crippen molar-refractivity contribution in [3.05, 3.63) is 42.0 Å². The first kappa shape index (κ1) is 15.5. The molecule has 21 heavy (non-hydrogen) atoms. The summed E-state index contributed by atoms with van der Waals surface area (Å²) in [5.74, 6) is 2.19. The van der Waals surface area contributed by atoms with Gasteiger partial charge in [-0.05, 0) is 30.0 Å². The van der Waals surface area contributed by atoms with Crippen molar-refractivity contribution in [1.29, 1.82) is 0 Å². The minimum atomic E-state index is 0.0909. The van der Waals surface area contributed by atoms with E-state index in [1.54, 1.807) is 6.33 Å². The SMILES string of the molecule is CC[C@H](N)c1ccc(OCc2ncnn2CC(C)C)cc1. The molecule has 0 unspecified atom stereocenters. The normalized spacial score (nSPS) is 12.6. The van der Waals surface area contributed by atoms with Gasteiger partial charge >= 0.3 is 0 Å². The molecule has 0 amide bonds. The predicted molar refractivity (Wildman–Crippen MR) is 82.9 cm³/mol. The second-order valence-corrected chi connectivity index (χ2v) is 5.62. The molecule has 0 saturated carbocycles. The van der Waals surface area contributed by atoms with Crippen molar-refractivity contribution in [2.45, 2.75) is 46.4 Å². The summed E-state index contributed by atoms with van der Waals surface area (Å²) in [6.45, 7) is 7.66. The summed E-state index contributed by atoms with van der Waals surface area (Å²) in [5, 5.41) is 4.23. The van der Waals surface area contributed by atoms with Gasteiger partial charge in [0.25, 0.3) is 0 Å². The second kappa shape index (κ2) is 7.22. The molecule has 2 N–H and O–H groups in total. The quantitative estimate of drug-likeness (QED) is 0.850. The molecule has 114 valence electrons. The van der Waals surface area contributed by atoms with Crippen LogP contribution in [0.2, 0.25) is 0 Å². The van der Waals surface area contributed by atoms with Gasteiger partial charge in [-0.25, -0.2) is 9.67 Å². The van der Waals surface area contributed by atoms with E-state index in [4.69, 9.17) is 10.5 Å². The van der Waals surface area contributed by atoms with Crippen LogP contribution in [-0.4, -0.2) is 14.8 Å². The van der Waals surface area contributed by atoms with E-state index in [9.17, 15) is 0 Å². The van der Waals surface area contributed by atoms with E-state index in [2.05, 4.69) is 30.9 Å². The van der Waals surface area contributed by atoms with E-state index in [1.165, 1.54) is 0 Å². The molecule has 1 heterocycles. The van der Waals surface area contributed by atoms with Crippen LogP contribution in [0.3, 0.4) is 0 Å². The zero-order valence-electron chi connectivity index (χ0n) is 13.0. The fourth-order valence-electron chi connectivity index (χ4n) is 2.09. The third-order valence-corrected chi connectivity index (χ3v) is 3.35. The highest BCUT2D eigenvalue weighted by Crippen LogP contribution is 2.19. The lowest BCUT2D eigenvalue weighted by Gasteiger charge is -2.12. The minimum Gasteiger partial charge on any atom is -0.486 e. The van der Waals surface area contributed by atoms with Gasteiger partial charge in [0.2, 0.25) is 0 Å². The van der Waals surface area contributed by atoms with Gasteiger partial charge in [-0.1, -0.05) is 32.9 Å². The topological polar surface area (TPSA) is 66.0 Å². The number of rotatable bonds is 7. The van der Waals surface area contributed by atoms with Gasteiger partial charge in [0, 0.05) is 12.6 Å². The monoisotopic (exact) mass is 288 g/mol. The average molecular weight is 288 g/mol. The van der Waals surface area contributed by atoms with E-state index in [1.807, 2.05) is 28.9 Å². The molecule has 0 spiro atoms. The maximum Gasteiger partial charge on any atom is 0.164 e. The summed E-state index contributed by atoms with van der Waals surface area (Å²) in [5.41, 5.74) is 7.13. The van der Waals surface area contributed by atoms with E-state index in [0.717, 1.165) is 30.1 Å². The fraction of sp³-hybridized carbons (Fsp3) is 0.500. The summed E-state index contributed by atoms with van der Waals surface area (Å²) in [4.78, 5) is 4.25. The van der Waals surface area contributed by atoms with Crippen molar-refractivity contribution in [1.82, 2.24) is 14.8 Å². The van der Waals surface area contributed by atoms with Gasteiger partial charge in [0.05, 0.1) is 0 Å². The Kier molecular flexibility index (Phi) is 5.33. The summed E-state index contributed by atoms with van der Waals surface area (Å²) in [6, 6.07) is 8.03. The molecule has 0 radical (unpaired) electrons. The lowest BCUT2D eigenvalue weighted by atomic mass is 10.1. The number of hydrogen-bond acceptors (Lipinski definition) is 4. The molecule has 0 fully saturated rings. The second-order valence-electron chi connectivity index (χ2n) is 5.62. The summed E-state index contributed by atoms with van der Waals surface area (Å²) >= 11 is 0. The molecule has 5 nitrogen and oxygen atoms in total. The Morgan fingerprint density at radius 2 is 1.95 bits per heavy atom. The van der Waals surface area contributed by atoms with Crippen LogP contribution in [0.25, 0.3) is 0 Å². The van der Waals surface area contributed by atoms with E-state index in [-0.39, 0.29) is 6.04 Å². The maximum atomic E-state index is 6.00. The Hall–Kier alpha value is -1.88. The zero-order valence-corrected chi connectivity index (χ0v) is 13.0. The van der Waals surface area contributed by atoms with Gasteiger partial charge < -0.3 is 10.5 Å². The van der Waals surface area contributed by atoms with E-state index < -0.39 is 0 Å². The van der Waals surface area contributed by atoms with Crippen molar-refractivity contribution in [2.75, 3.05) is 0 Å². The molecule has 2 rings (SSSR count). The third kappa shape index (κ3) is 4.29. The fourth-order valence-corrected chi connectivity index (χ4v) is 2.09. The predicted octanol–water partition coefficient (Wildman–Crippen LogP) is 2.92. The Labute approximate surface area is 126 Å². The highest BCUT2D eigenvalue weighted by molar-refractivity contribution is 5.29.